The van der Waals surface area contributed by atoms with Crippen LogP contribution in [0, 0.1) is 12.3 Å². The molecule has 0 aliphatic heterocycles. The Morgan fingerprint density at radius 1 is 1.29 bits per heavy atom. The van der Waals surface area contributed by atoms with Crippen LogP contribution in [0.3, 0.4) is 0 Å². The molecule has 0 saturated heterocycles. The molecular weight excluding hydrogens is 332 g/mol. The lowest BCUT2D eigenvalue weighted by Crippen LogP contribution is -2.27. The first kappa shape index (κ1) is 20.1. The molecule has 0 aliphatic rings. The second-order valence-electron chi connectivity index (χ2n) is 4.77. The molecule has 8 heteroatoms. The number of methoxy groups -OCH3 is 1. The molecule has 132 valence electrons. The van der Waals surface area contributed by atoms with Crippen LogP contribution < -0.4 is 10.0 Å². The van der Waals surface area contributed by atoms with Crippen LogP contribution >= 0.6 is 0 Å². The van der Waals surface area contributed by atoms with E-state index in [9.17, 15) is 13.2 Å². The average Bonchev–Trinajstić information content (AvgIpc) is 2.59. The van der Waals surface area contributed by atoms with E-state index in [1.807, 2.05) is 0 Å². The second kappa shape index (κ2) is 10.8. The summed E-state index contributed by atoms with van der Waals surface area (Å²) < 4.78 is 36.3. The van der Waals surface area contributed by atoms with Crippen molar-refractivity contribution < 1.29 is 22.7 Å². The topological polar surface area (TPSA) is 93.7 Å². The summed E-state index contributed by atoms with van der Waals surface area (Å²) in [6.45, 7) is 1.87. The zero-order chi connectivity index (χ0) is 17.8. The Bertz CT molecular complexity index is 667. The fraction of sp³-hybridized carbons (Fsp3) is 0.438. The minimum absolute atomic E-state index is 0.00620. The number of ether oxygens (including phenoxy) is 2. The van der Waals surface area contributed by atoms with E-state index in [1.165, 1.54) is 18.2 Å². The number of benzene rings is 1. The molecule has 0 heterocycles. The molecule has 2 N–H and O–H groups in total. The third kappa shape index (κ3) is 7.10. The molecule has 0 fully saturated rings. The summed E-state index contributed by atoms with van der Waals surface area (Å²) in [4.78, 5) is 12.0. The molecule has 1 rings (SSSR count). The minimum Gasteiger partial charge on any atom is -0.382 e. The molecule has 0 aromatic heterocycles. The number of hydrogen-bond acceptors (Lipinski definition) is 5. The predicted molar refractivity (Wildman–Crippen MR) is 90.1 cm³/mol. The molecule has 7 nitrogen and oxygen atoms in total. The first-order valence-electron chi connectivity index (χ1n) is 7.39. The van der Waals surface area contributed by atoms with Gasteiger partial charge < -0.3 is 14.8 Å². The van der Waals surface area contributed by atoms with Gasteiger partial charge in [-0.25, -0.2) is 8.42 Å². The highest BCUT2D eigenvalue weighted by Crippen LogP contribution is 2.11. The molecule has 0 unspecified atom stereocenters. The van der Waals surface area contributed by atoms with Gasteiger partial charge in [0.25, 0.3) is 5.91 Å². The van der Waals surface area contributed by atoms with Gasteiger partial charge in [0.1, 0.15) is 0 Å². The lowest BCUT2D eigenvalue weighted by molar-refractivity contribution is 0.0688. The fourth-order valence-electron chi connectivity index (χ4n) is 1.75. The molecule has 0 saturated carbocycles. The van der Waals surface area contributed by atoms with Gasteiger partial charge in [0.05, 0.1) is 24.7 Å². The SMILES string of the molecule is C#CCNS(=O)(=O)c1cccc(C(=O)NCCCOCCOC)c1. The molecule has 0 spiro atoms. The summed E-state index contributed by atoms with van der Waals surface area (Å²) in [5.41, 5.74) is 0.263. The number of nitrogens with one attached hydrogen (secondary N) is 2. The Morgan fingerprint density at radius 3 is 2.79 bits per heavy atom. The van der Waals surface area contributed by atoms with Crippen molar-refractivity contribution in [1.29, 1.82) is 0 Å². The quantitative estimate of drug-likeness (QED) is 0.443. The van der Waals surface area contributed by atoms with E-state index < -0.39 is 10.0 Å². The number of carbonyl (C=O) groups excluding carboxylic acids is 1. The van der Waals surface area contributed by atoms with Gasteiger partial charge in [-0.15, -0.1) is 6.42 Å². The van der Waals surface area contributed by atoms with E-state index in [1.54, 1.807) is 13.2 Å². The van der Waals surface area contributed by atoms with Crippen LogP contribution in [0.15, 0.2) is 29.2 Å². The van der Waals surface area contributed by atoms with E-state index in [0.717, 1.165) is 0 Å². The smallest absolute Gasteiger partial charge is 0.251 e. The van der Waals surface area contributed by atoms with Gasteiger partial charge in [-0.05, 0) is 24.6 Å². The third-order valence-corrected chi connectivity index (χ3v) is 4.35. The Morgan fingerprint density at radius 2 is 2.08 bits per heavy atom. The molecule has 1 aromatic rings. The van der Waals surface area contributed by atoms with Crippen molar-refractivity contribution in [2.75, 3.05) is 40.0 Å². The van der Waals surface area contributed by atoms with Crippen LogP contribution in [0.25, 0.3) is 0 Å². The summed E-state index contributed by atoms with van der Waals surface area (Å²) in [6, 6.07) is 5.76. The molecule has 1 amide bonds. The summed E-state index contributed by atoms with van der Waals surface area (Å²) in [5, 5.41) is 2.71. The van der Waals surface area contributed by atoms with Gasteiger partial charge in [0.2, 0.25) is 10.0 Å². The molecule has 0 radical (unpaired) electrons. The van der Waals surface area contributed by atoms with Gasteiger partial charge in [0, 0.05) is 25.8 Å². The minimum atomic E-state index is -3.72. The monoisotopic (exact) mass is 354 g/mol. The van der Waals surface area contributed by atoms with E-state index in [4.69, 9.17) is 15.9 Å². The van der Waals surface area contributed by atoms with E-state index >= 15 is 0 Å². The van der Waals surface area contributed by atoms with Crippen LogP contribution in [0.2, 0.25) is 0 Å². The van der Waals surface area contributed by atoms with Crippen LogP contribution in [-0.2, 0) is 19.5 Å². The van der Waals surface area contributed by atoms with Gasteiger partial charge in [-0.2, -0.15) is 4.72 Å². The van der Waals surface area contributed by atoms with Gasteiger partial charge in [-0.1, -0.05) is 12.0 Å². The molecule has 0 aliphatic carbocycles. The van der Waals surface area contributed by atoms with Crippen LogP contribution in [-0.4, -0.2) is 54.3 Å². The summed E-state index contributed by atoms with van der Waals surface area (Å²) >= 11 is 0. The largest absolute Gasteiger partial charge is 0.382 e. The fourth-order valence-corrected chi connectivity index (χ4v) is 2.73. The van der Waals surface area contributed by atoms with Crippen LogP contribution in [0.1, 0.15) is 16.8 Å². The van der Waals surface area contributed by atoms with Crippen molar-refractivity contribution >= 4 is 15.9 Å². The van der Waals surface area contributed by atoms with Crippen molar-refractivity contribution in [3.05, 3.63) is 29.8 Å². The van der Waals surface area contributed by atoms with E-state index in [-0.39, 0.29) is 22.9 Å². The molecule has 0 atom stereocenters. The highest BCUT2D eigenvalue weighted by atomic mass is 32.2. The van der Waals surface area contributed by atoms with Crippen molar-refractivity contribution in [3.63, 3.8) is 0 Å². The number of rotatable bonds is 11. The average molecular weight is 354 g/mol. The van der Waals surface area contributed by atoms with Gasteiger partial charge in [0.15, 0.2) is 0 Å². The highest BCUT2D eigenvalue weighted by molar-refractivity contribution is 7.89. The Hall–Kier alpha value is -1.92. The van der Waals surface area contributed by atoms with E-state index in [0.29, 0.717) is 32.8 Å². The Kier molecular flexibility index (Phi) is 9.04. The van der Waals surface area contributed by atoms with Crippen LogP contribution in [0.4, 0.5) is 0 Å². The molecule has 0 bridgehead atoms. The van der Waals surface area contributed by atoms with Crippen molar-refractivity contribution in [3.8, 4) is 12.3 Å². The zero-order valence-electron chi connectivity index (χ0n) is 13.6. The predicted octanol–water partition coefficient (Wildman–Crippen LogP) is 0.381. The molecule has 24 heavy (non-hydrogen) atoms. The van der Waals surface area contributed by atoms with Crippen molar-refractivity contribution in [2.24, 2.45) is 0 Å². The van der Waals surface area contributed by atoms with Crippen molar-refractivity contribution in [2.45, 2.75) is 11.3 Å². The number of hydrogen-bond donors (Lipinski definition) is 2. The van der Waals surface area contributed by atoms with Gasteiger partial charge >= 0.3 is 0 Å². The standard InChI is InChI=1S/C16H22N2O5S/c1-3-8-18-24(20,21)15-7-4-6-14(13-15)16(19)17-9-5-10-23-12-11-22-2/h1,4,6-7,13,18H,5,8-12H2,2H3,(H,17,19). The molecule has 1 aromatic carbocycles. The van der Waals surface area contributed by atoms with Crippen LogP contribution in [0.5, 0.6) is 0 Å². The Labute approximate surface area is 142 Å². The Balaban J connectivity index is 2.51. The zero-order valence-corrected chi connectivity index (χ0v) is 14.4. The summed E-state index contributed by atoms with van der Waals surface area (Å²) in [6.07, 6.45) is 5.69. The highest BCUT2D eigenvalue weighted by Gasteiger charge is 2.15. The van der Waals surface area contributed by atoms with Gasteiger partial charge in [-0.3, -0.25) is 4.79 Å². The lowest BCUT2D eigenvalue weighted by Gasteiger charge is -2.08. The lowest BCUT2D eigenvalue weighted by atomic mass is 10.2. The number of carbonyl (C=O) groups is 1. The second-order valence-corrected chi connectivity index (χ2v) is 6.54. The maximum Gasteiger partial charge on any atom is 0.251 e. The van der Waals surface area contributed by atoms with Crippen molar-refractivity contribution in [1.82, 2.24) is 10.0 Å². The summed E-state index contributed by atoms with van der Waals surface area (Å²) in [5.74, 6) is 1.85. The third-order valence-electron chi connectivity index (χ3n) is 2.95. The van der Waals surface area contributed by atoms with E-state index in [2.05, 4.69) is 16.0 Å². The number of terminal acetylenes is 1. The maximum absolute atomic E-state index is 12.1. The number of amides is 1. The summed E-state index contributed by atoms with van der Waals surface area (Å²) in [7, 11) is -2.12. The number of sulfonamides is 1. The first-order valence-corrected chi connectivity index (χ1v) is 8.87. The maximum atomic E-state index is 12.1. The normalized spacial score (nSPS) is 11.0. The molecular formula is C16H22N2O5S. The first-order chi connectivity index (χ1) is 11.5.